The van der Waals surface area contributed by atoms with Gasteiger partial charge in [0, 0.05) is 30.3 Å². The minimum Gasteiger partial charge on any atom is -0.393 e. The number of aliphatic hydroxyl groups excluding tert-OH is 1. The summed E-state index contributed by atoms with van der Waals surface area (Å²) in [6.07, 6.45) is 7.73. The van der Waals surface area contributed by atoms with E-state index in [1.165, 1.54) is 0 Å². The molecule has 0 spiro atoms. The highest BCUT2D eigenvalue weighted by Crippen LogP contribution is 2.30. The Morgan fingerprint density at radius 1 is 1.46 bits per heavy atom. The van der Waals surface area contributed by atoms with Gasteiger partial charge in [-0.25, -0.2) is 0 Å². The number of nitrogens with one attached hydrogen (secondary N) is 2. The topological polar surface area (TPSA) is 88.4 Å². The molecule has 2 heterocycles. The van der Waals surface area contributed by atoms with E-state index >= 15 is 0 Å². The van der Waals surface area contributed by atoms with Crippen molar-refractivity contribution in [1.82, 2.24) is 15.5 Å². The molecule has 0 aromatic heterocycles. The predicted molar refractivity (Wildman–Crippen MR) is 90.4 cm³/mol. The largest absolute Gasteiger partial charge is 0.393 e. The Bertz CT molecular complexity index is 658. The molecule has 3 rings (SSSR count). The first kappa shape index (κ1) is 16.6. The second-order valence-electron chi connectivity index (χ2n) is 6.91. The molecule has 0 radical (unpaired) electrons. The highest BCUT2D eigenvalue weighted by Gasteiger charge is 2.35. The van der Waals surface area contributed by atoms with Gasteiger partial charge in [-0.2, -0.15) is 5.26 Å². The van der Waals surface area contributed by atoms with E-state index in [9.17, 15) is 9.90 Å². The Labute approximate surface area is 142 Å². The predicted octanol–water partition coefficient (Wildman–Crippen LogP) is 0.787. The van der Waals surface area contributed by atoms with Crippen LogP contribution < -0.4 is 10.6 Å². The Kier molecular flexibility index (Phi) is 4.63. The van der Waals surface area contributed by atoms with Crippen molar-refractivity contribution in [2.75, 3.05) is 13.6 Å². The quantitative estimate of drug-likeness (QED) is 0.713. The van der Waals surface area contributed by atoms with Crippen molar-refractivity contribution < 1.29 is 9.90 Å². The van der Waals surface area contributed by atoms with Crippen molar-refractivity contribution in [3.05, 3.63) is 35.2 Å². The minimum absolute atomic E-state index is 0.0225. The van der Waals surface area contributed by atoms with Crippen molar-refractivity contribution in [2.24, 2.45) is 5.92 Å². The van der Waals surface area contributed by atoms with Crippen molar-refractivity contribution in [2.45, 2.75) is 44.4 Å². The molecule has 0 aromatic rings. The summed E-state index contributed by atoms with van der Waals surface area (Å²) in [7, 11) is 1.87. The van der Waals surface area contributed by atoms with Crippen LogP contribution in [-0.2, 0) is 4.79 Å². The van der Waals surface area contributed by atoms with Gasteiger partial charge < -0.3 is 20.6 Å². The molecule has 1 amide bonds. The Morgan fingerprint density at radius 2 is 2.25 bits per heavy atom. The molecule has 24 heavy (non-hydrogen) atoms. The number of fused-ring (bicyclic) bond motifs is 1. The van der Waals surface area contributed by atoms with Crippen LogP contribution in [0.5, 0.6) is 0 Å². The van der Waals surface area contributed by atoms with Crippen LogP contribution in [0.15, 0.2) is 35.2 Å². The monoisotopic (exact) mass is 328 g/mol. The van der Waals surface area contributed by atoms with Crippen molar-refractivity contribution >= 4 is 5.91 Å². The van der Waals surface area contributed by atoms with Gasteiger partial charge in [-0.15, -0.1) is 0 Å². The number of amides is 1. The number of hydrogen-bond donors (Lipinski definition) is 3. The maximum atomic E-state index is 12.4. The first-order chi connectivity index (χ1) is 11.5. The number of nitrogens with zero attached hydrogens (tertiary/aromatic N) is 2. The van der Waals surface area contributed by atoms with Crippen LogP contribution in [0.2, 0.25) is 0 Å². The third kappa shape index (κ3) is 3.31. The molecule has 6 heteroatoms. The summed E-state index contributed by atoms with van der Waals surface area (Å²) in [5, 5.41) is 25.3. The molecule has 1 fully saturated rings. The molecule has 3 unspecified atom stereocenters. The summed E-state index contributed by atoms with van der Waals surface area (Å²) in [6, 6.07) is 2.18. The number of nitriles is 1. The van der Waals surface area contributed by atoms with E-state index in [2.05, 4.69) is 16.7 Å². The van der Waals surface area contributed by atoms with Crippen LogP contribution in [0, 0.1) is 17.2 Å². The van der Waals surface area contributed by atoms with Gasteiger partial charge in [-0.1, -0.05) is 6.08 Å². The normalized spacial score (nSPS) is 30.9. The highest BCUT2D eigenvalue weighted by atomic mass is 16.3. The molecule has 0 bridgehead atoms. The number of rotatable bonds is 3. The third-order valence-electron chi connectivity index (χ3n) is 5.09. The van der Waals surface area contributed by atoms with Crippen LogP contribution in [-0.4, -0.2) is 47.7 Å². The Balaban J connectivity index is 1.72. The second kappa shape index (κ2) is 6.70. The van der Waals surface area contributed by atoms with Gasteiger partial charge in [0.15, 0.2) is 0 Å². The van der Waals surface area contributed by atoms with E-state index in [1.54, 1.807) is 6.08 Å². The smallest absolute Gasteiger partial charge is 0.249 e. The SMILES string of the molecule is C[C@H](NC1=CC=C(C#N)N(C)C1)C1=CC2CC(O)CCC2NC1=O. The average molecular weight is 328 g/mol. The zero-order chi connectivity index (χ0) is 17.3. The molecule has 2 aliphatic heterocycles. The van der Waals surface area contributed by atoms with Gasteiger partial charge >= 0.3 is 0 Å². The number of hydrogen-bond acceptors (Lipinski definition) is 5. The maximum Gasteiger partial charge on any atom is 0.249 e. The van der Waals surface area contributed by atoms with E-state index in [0.717, 1.165) is 24.1 Å². The third-order valence-corrected chi connectivity index (χ3v) is 5.09. The lowest BCUT2D eigenvalue weighted by molar-refractivity contribution is -0.120. The van der Waals surface area contributed by atoms with E-state index < -0.39 is 0 Å². The molecule has 1 aliphatic carbocycles. The molecular formula is C18H24N4O2. The number of carbonyl (C=O) groups excluding carboxylic acids is 1. The Hall–Kier alpha value is -2.26. The lowest BCUT2D eigenvalue weighted by Gasteiger charge is -2.38. The summed E-state index contributed by atoms with van der Waals surface area (Å²) < 4.78 is 0. The van der Waals surface area contributed by atoms with Crippen molar-refractivity contribution in [3.63, 3.8) is 0 Å². The molecule has 3 N–H and O–H groups in total. The van der Waals surface area contributed by atoms with E-state index in [0.29, 0.717) is 18.7 Å². The summed E-state index contributed by atoms with van der Waals surface area (Å²) >= 11 is 0. The van der Waals surface area contributed by atoms with E-state index in [1.807, 2.05) is 31.0 Å². The summed E-state index contributed by atoms with van der Waals surface area (Å²) in [6.45, 7) is 2.58. The zero-order valence-corrected chi connectivity index (χ0v) is 14.1. The molecule has 3 aliphatic rings. The second-order valence-corrected chi connectivity index (χ2v) is 6.91. The summed E-state index contributed by atoms with van der Waals surface area (Å²) in [4.78, 5) is 14.3. The first-order valence-corrected chi connectivity index (χ1v) is 8.47. The van der Waals surface area contributed by atoms with Crippen molar-refractivity contribution in [3.8, 4) is 6.07 Å². The van der Waals surface area contributed by atoms with Gasteiger partial charge in [0.1, 0.15) is 11.8 Å². The fourth-order valence-corrected chi connectivity index (χ4v) is 3.72. The summed E-state index contributed by atoms with van der Waals surface area (Å²) in [5.74, 6) is 0.185. The van der Waals surface area contributed by atoms with E-state index in [-0.39, 0.29) is 30.0 Å². The van der Waals surface area contributed by atoms with Crippen molar-refractivity contribution in [1.29, 1.82) is 5.26 Å². The van der Waals surface area contributed by atoms with Crippen LogP contribution in [0.1, 0.15) is 26.2 Å². The number of carbonyl (C=O) groups is 1. The molecule has 0 aromatic carbocycles. The molecule has 6 nitrogen and oxygen atoms in total. The molecule has 4 atom stereocenters. The lowest BCUT2D eigenvalue weighted by Crippen LogP contribution is -2.50. The fourth-order valence-electron chi connectivity index (χ4n) is 3.72. The van der Waals surface area contributed by atoms with Gasteiger partial charge in [-0.05, 0) is 38.3 Å². The minimum atomic E-state index is -0.272. The van der Waals surface area contributed by atoms with Gasteiger partial charge in [0.2, 0.25) is 5.91 Å². The van der Waals surface area contributed by atoms with E-state index in [4.69, 9.17) is 5.26 Å². The number of aliphatic hydroxyl groups is 1. The number of allylic oxidation sites excluding steroid dienone is 3. The number of likely N-dealkylation sites (N-methyl/N-ethyl adjacent to an activating group) is 1. The first-order valence-electron chi connectivity index (χ1n) is 8.47. The summed E-state index contributed by atoms with van der Waals surface area (Å²) in [5.41, 5.74) is 2.33. The fraction of sp³-hybridized carbons (Fsp3) is 0.556. The highest BCUT2D eigenvalue weighted by molar-refractivity contribution is 5.95. The standard InChI is InChI=1S/C18H24N4O2/c1-11(20-13-3-4-14(9-19)22(2)10-13)16-8-12-7-15(23)5-6-17(12)21-18(16)24/h3-4,8,11-12,15,17,20,23H,5-7,10H2,1-2H3,(H,21,24)/t11-,12?,15?,17?/m0/s1. The average Bonchev–Trinajstić information content (AvgIpc) is 2.54. The maximum absolute atomic E-state index is 12.4. The van der Waals surface area contributed by atoms with Gasteiger partial charge in [0.05, 0.1) is 18.7 Å². The van der Waals surface area contributed by atoms with Gasteiger partial charge in [0.25, 0.3) is 0 Å². The zero-order valence-electron chi connectivity index (χ0n) is 14.1. The van der Waals surface area contributed by atoms with Crippen LogP contribution in [0.3, 0.4) is 0 Å². The van der Waals surface area contributed by atoms with Crippen LogP contribution in [0.25, 0.3) is 0 Å². The molecular weight excluding hydrogens is 304 g/mol. The molecule has 128 valence electrons. The Morgan fingerprint density at radius 3 is 2.96 bits per heavy atom. The van der Waals surface area contributed by atoms with Gasteiger partial charge in [-0.3, -0.25) is 4.79 Å². The van der Waals surface area contributed by atoms with Crippen LogP contribution in [0.4, 0.5) is 0 Å². The molecule has 0 saturated heterocycles. The molecule has 1 saturated carbocycles. The lowest BCUT2D eigenvalue weighted by atomic mass is 9.79. The van der Waals surface area contributed by atoms with Crippen LogP contribution >= 0.6 is 0 Å².